The van der Waals surface area contributed by atoms with Crippen molar-refractivity contribution >= 4 is 22.4 Å². The van der Waals surface area contributed by atoms with E-state index in [4.69, 9.17) is 5.11 Å². The summed E-state index contributed by atoms with van der Waals surface area (Å²) in [6.07, 6.45) is 2.32. The van der Waals surface area contributed by atoms with Crippen molar-refractivity contribution in [2.75, 3.05) is 32.0 Å². The molecule has 0 aromatic carbocycles. The number of carboxylic acid groups (broad SMARTS) is 1. The van der Waals surface area contributed by atoms with Crippen LogP contribution in [0.15, 0.2) is 5.38 Å². The lowest BCUT2D eigenvalue weighted by atomic mass is 9.80. The molecule has 0 saturated carbocycles. The number of carbonyl (C=O) groups is 1. The van der Waals surface area contributed by atoms with Crippen molar-refractivity contribution in [3.8, 4) is 0 Å². The molecule has 1 aliphatic heterocycles. The second-order valence-corrected chi connectivity index (χ2v) is 6.17. The van der Waals surface area contributed by atoms with E-state index in [1.54, 1.807) is 5.38 Å². The van der Waals surface area contributed by atoms with E-state index in [1.165, 1.54) is 11.3 Å². The predicted molar refractivity (Wildman–Crippen MR) is 72.4 cm³/mol. The smallest absolute Gasteiger partial charge is 0.355 e. The van der Waals surface area contributed by atoms with E-state index in [1.807, 2.05) is 0 Å². The molecule has 1 fully saturated rings. The van der Waals surface area contributed by atoms with Crippen LogP contribution >= 0.6 is 11.3 Å². The number of aromatic nitrogens is 1. The van der Waals surface area contributed by atoms with Gasteiger partial charge in [0.15, 0.2) is 10.8 Å². The summed E-state index contributed by atoms with van der Waals surface area (Å²) in [7, 11) is 2.15. The normalized spacial score (nSPS) is 19.7. The molecule has 2 N–H and O–H groups in total. The average Bonchev–Trinajstić information content (AvgIpc) is 2.80. The molecule has 0 radical (unpaired) electrons. The third kappa shape index (κ3) is 3.20. The summed E-state index contributed by atoms with van der Waals surface area (Å²) in [4.78, 5) is 17.1. The third-order valence-electron chi connectivity index (χ3n) is 3.58. The molecule has 0 bridgehead atoms. The summed E-state index contributed by atoms with van der Waals surface area (Å²) in [5.41, 5.74) is 0.401. The summed E-state index contributed by atoms with van der Waals surface area (Å²) in [6, 6.07) is 0. The van der Waals surface area contributed by atoms with E-state index in [9.17, 15) is 4.79 Å². The molecule has 6 heteroatoms. The summed E-state index contributed by atoms with van der Waals surface area (Å²) >= 11 is 1.35. The van der Waals surface area contributed by atoms with Crippen LogP contribution in [0.4, 0.5) is 5.13 Å². The molecule has 0 atom stereocenters. The highest BCUT2D eigenvalue weighted by Gasteiger charge is 2.28. The number of nitrogens with one attached hydrogen (secondary N) is 1. The van der Waals surface area contributed by atoms with Gasteiger partial charge in [-0.15, -0.1) is 11.3 Å². The van der Waals surface area contributed by atoms with Crippen LogP contribution in [0.2, 0.25) is 0 Å². The lowest BCUT2D eigenvalue weighted by molar-refractivity contribution is 0.0691. The Morgan fingerprint density at radius 1 is 1.61 bits per heavy atom. The number of thiazole rings is 1. The Kier molecular flexibility index (Phi) is 3.87. The van der Waals surface area contributed by atoms with Crippen LogP contribution < -0.4 is 5.32 Å². The lowest BCUT2D eigenvalue weighted by Crippen LogP contribution is -2.40. The molecule has 0 aliphatic carbocycles. The molecule has 1 saturated heterocycles. The fourth-order valence-corrected chi connectivity index (χ4v) is 2.76. The Balaban J connectivity index is 1.88. The Morgan fingerprint density at radius 3 is 2.83 bits per heavy atom. The molecule has 1 aromatic rings. The number of rotatable bonds is 4. The van der Waals surface area contributed by atoms with Gasteiger partial charge in [0.05, 0.1) is 0 Å². The van der Waals surface area contributed by atoms with Crippen molar-refractivity contribution in [1.29, 1.82) is 0 Å². The zero-order chi connectivity index (χ0) is 13.2. The minimum Gasteiger partial charge on any atom is -0.476 e. The first-order valence-electron chi connectivity index (χ1n) is 6.10. The van der Waals surface area contributed by atoms with Gasteiger partial charge in [-0.3, -0.25) is 0 Å². The van der Waals surface area contributed by atoms with Crippen LogP contribution in [0.5, 0.6) is 0 Å². The van der Waals surface area contributed by atoms with Gasteiger partial charge in [-0.05, 0) is 38.4 Å². The van der Waals surface area contributed by atoms with E-state index in [0.717, 1.165) is 32.5 Å². The van der Waals surface area contributed by atoms with Crippen LogP contribution in [0.25, 0.3) is 0 Å². The molecule has 2 heterocycles. The van der Waals surface area contributed by atoms with E-state index in [-0.39, 0.29) is 11.1 Å². The van der Waals surface area contributed by atoms with Gasteiger partial charge in [0.1, 0.15) is 0 Å². The van der Waals surface area contributed by atoms with Gasteiger partial charge in [0.25, 0.3) is 0 Å². The highest BCUT2D eigenvalue weighted by molar-refractivity contribution is 7.13. The Labute approximate surface area is 111 Å². The Bertz CT molecular complexity index is 425. The first-order valence-corrected chi connectivity index (χ1v) is 6.98. The van der Waals surface area contributed by atoms with Crippen LogP contribution in [0.3, 0.4) is 0 Å². The summed E-state index contributed by atoms with van der Waals surface area (Å²) in [5, 5.41) is 14.3. The fraction of sp³-hybridized carbons (Fsp3) is 0.667. The highest BCUT2D eigenvalue weighted by Crippen LogP contribution is 2.31. The second kappa shape index (κ2) is 5.24. The standard InChI is InChI=1S/C12H19N3O2S/c1-12(3-5-15(2)6-4-12)8-13-11-14-9(7-18-11)10(16)17/h7H,3-6,8H2,1-2H3,(H,13,14)(H,16,17). The average molecular weight is 269 g/mol. The van der Waals surface area contributed by atoms with Crippen LogP contribution in [-0.2, 0) is 0 Å². The maximum atomic E-state index is 10.7. The number of likely N-dealkylation sites (tertiary alicyclic amines) is 1. The molecule has 0 amide bonds. The largest absolute Gasteiger partial charge is 0.476 e. The molecule has 1 aliphatic rings. The molecular formula is C12H19N3O2S. The first kappa shape index (κ1) is 13.3. The number of hydrogen-bond donors (Lipinski definition) is 2. The van der Waals surface area contributed by atoms with E-state index in [2.05, 4.69) is 29.2 Å². The third-order valence-corrected chi connectivity index (χ3v) is 4.38. The Morgan fingerprint density at radius 2 is 2.28 bits per heavy atom. The molecule has 100 valence electrons. The number of carboxylic acids is 1. The highest BCUT2D eigenvalue weighted by atomic mass is 32.1. The van der Waals surface area contributed by atoms with Crippen molar-refractivity contribution < 1.29 is 9.90 Å². The minimum atomic E-state index is -0.968. The zero-order valence-electron chi connectivity index (χ0n) is 10.8. The molecule has 5 nitrogen and oxygen atoms in total. The number of anilines is 1. The maximum absolute atomic E-state index is 10.7. The van der Waals surface area contributed by atoms with E-state index in [0.29, 0.717) is 5.13 Å². The van der Waals surface area contributed by atoms with Gasteiger partial charge in [0.2, 0.25) is 0 Å². The van der Waals surface area contributed by atoms with Gasteiger partial charge in [-0.1, -0.05) is 6.92 Å². The van der Waals surface area contributed by atoms with Gasteiger partial charge < -0.3 is 15.3 Å². The fourth-order valence-electron chi connectivity index (χ4n) is 2.08. The second-order valence-electron chi connectivity index (χ2n) is 5.31. The van der Waals surface area contributed by atoms with Gasteiger partial charge in [-0.2, -0.15) is 0 Å². The van der Waals surface area contributed by atoms with Crippen molar-refractivity contribution in [2.45, 2.75) is 19.8 Å². The van der Waals surface area contributed by atoms with Crippen molar-refractivity contribution in [3.05, 3.63) is 11.1 Å². The molecule has 0 unspecified atom stereocenters. The van der Waals surface area contributed by atoms with Crippen LogP contribution in [0.1, 0.15) is 30.3 Å². The van der Waals surface area contributed by atoms with Gasteiger partial charge in [-0.25, -0.2) is 9.78 Å². The van der Waals surface area contributed by atoms with E-state index < -0.39 is 5.97 Å². The number of hydrogen-bond acceptors (Lipinski definition) is 5. The summed E-state index contributed by atoms with van der Waals surface area (Å²) < 4.78 is 0. The summed E-state index contributed by atoms with van der Waals surface area (Å²) in [6.45, 7) is 5.37. The van der Waals surface area contributed by atoms with Gasteiger partial charge in [0, 0.05) is 11.9 Å². The zero-order valence-corrected chi connectivity index (χ0v) is 11.6. The maximum Gasteiger partial charge on any atom is 0.355 e. The van der Waals surface area contributed by atoms with Gasteiger partial charge >= 0.3 is 5.97 Å². The minimum absolute atomic E-state index is 0.121. The van der Waals surface area contributed by atoms with Crippen molar-refractivity contribution in [2.24, 2.45) is 5.41 Å². The topological polar surface area (TPSA) is 65.5 Å². The molecule has 18 heavy (non-hydrogen) atoms. The van der Waals surface area contributed by atoms with Crippen molar-refractivity contribution in [1.82, 2.24) is 9.88 Å². The van der Waals surface area contributed by atoms with Crippen LogP contribution in [-0.4, -0.2) is 47.6 Å². The number of piperidine rings is 1. The summed E-state index contributed by atoms with van der Waals surface area (Å²) in [5.74, 6) is -0.968. The predicted octanol–water partition coefficient (Wildman–Crippen LogP) is 1.99. The quantitative estimate of drug-likeness (QED) is 0.875. The van der Waals surface area contributed by atoms with Crippen LogP contribution in [0, 0.1) is 5.41 Å². The molecule has 1 aromatic heterocycles. The lowest BCUT2D eigenvalue weighted by Gasteiger charge is -2.37. The van der Waals surface area contributed by atoms with Crippen molar-refractivity contribution in [3.63, 3.8) is 0 Å². The monoisotopic (exact) mass is 269 g/mol. The first-order chi connectivity index (χ1) is 8.48. The molecular weight excluding hydrogens is 250 g/mol. The SMILES string of the molecule is CN1CCC(C)(CNc2nc(C(=O)O)cs2)CC1. The van der Waals surface area contributed by atoms with E-state index >= 15 is 0 Å². The number of aromatic carboxylic acids is 1. The molecule has 2 rings (SSSR count). The number of nitrogens with zero attached hydrogens (tertiary/aromatic N) is 2. The Hall–Kier alpha value is -1.14. The molecule has 0 spiro atoms.